The lowest BCUT2D eigenvalue weighted by Gasteiger charge is -2.11. The highest BCUT2D eigenvalue weighted by Crippen LogP contribution is 2.24. The van der Waals surface area contributed by atoms with E-state index in [2.05, 4.69) is 10.3 Å². The molecule has 2 nitrogen and oxygen atoms in total. The average Bonchev–Trinajstić information content (AvgIpc) is 2.61. The van der Waals surface area contributed by atoms with Crippen LogP contribution in [0.4, 0.5) is 4.39 Å². The number of rotatable bonds is 1. The third-order valence-corrected chi connectivity index (χ3v) is 2.44. The number of hydrogen-bond acceptors (Lipinski definition) is 2. The molecule has 0 spiro atoms. The van der Waals surface area contributed by atoms with Crippen LogP contribution in [0.15, 0.2) is 12.3 Å². The maximum atomic E-state index is 13.3. The number of nitrogens with one attached hydrogen (secondary N) is 1. The van der Waals surface area contributed by atoms with Gasteiger partial charge in [-0.3, -0.25) is 0 Å². The molecule has 0 bridgehead atoms. The van der Waals surface area contributed by atoms with E-state index in [4.69, 9.17) is 0 Å². The summed E-state index contributed by atoms with van der Waals surface area (Å²) in [5.74, 6) is -0.329. The first-order valence-electron chi connectivity index (χ1n) is 4.63. The Labute approximate surface area is 77.2 Å². The van der Waals surface area contributed by atoms with Gasteiger partial charge in [0.1, 0.15) is 0 Å². The summed E-state index contributed by atoms with van der Waals surface area (Å²) in [7, 11) is 0. The predicted octanol–water partition coefficient (Wildman–Crippen LogP) is 1.95. The van der Waals surface area contributed by atoms with E-state index in [0.29, 0.717) is 0 Å². The van der Waals surface area contributed by atoms with Crippen LogP contribution < -0.4 is 5.32 Å². The fourth-order valence-electron chi connectivity index (χ4n) is 1.77. The summed E-state index contributed by atoms with van der Waals surface area (Å²) >= 11 is 0. The van der Waals surface area contributed by atoms with Crippen LogP contribution in [-0.2, 0) is 0 Å². The van der Waals surface area contributed by atoms with Crippen molar-refractivity contribution >= 4 is 0 Å². The summed E-state index contributed by atoms with van der Waals surface area (Å²) in [6.45, 7) is 2.92. The standard InChI is InChI=1S/C10H13FN2/c1-7-5-8(10(11)13-6-7)9-3-2-4-12-9/h5-6,9,12H,2-4H2,1H3/t9-/m0/s1. The van der Waals surface area contributed by atoms with Crippen molar-refractivity contribution in [2.75, 3.05) is 6.54 Å². The largest absolute Gasteiger partial charge is 0.310 e. The molecule has 1 aromatic heterocycles. The minimum Gasteiger partial charge on any atom is -0.310 e. The zero-order valence-corrected chi connectivity index (χ0v) is 7.68. The van der Waals surface area contributed by atoms with Crippen molar-refractivity contribution in [2.24, 2.45) is 0 Å². The number of nitrogens with zero attached hydrogens (tertiary/aromatic N) is 1. The number of aromatic nitrogens is 1. The van der Waals surface area contributed by atoms with Crippen LogP contribution in [0.1, 0.15) is 30.0 Å². The van der Waals surface area contributed by atoms with Crippen molar-refractivity contribution in [3.63, 3.8) is 0 Å². The van der Waals surface area contributed by atoms with Gasteiger partial charge in [0.25, 0.3) is 0 Å². The molecule has 2 rings (SSSR count). The number of hydrogen-bond donors (Lipinski definition) is 1. The highest BCUT2D eigenvalue weighted by atomic mass is 19.1. The van der Waals surface area contributed by atoms with Gasteiger partial charge in [0.05, 0.1) is 0 Å². The first-order valence-corrected chi connectivity index (χ1v) is 4.63. The molecule has 0 saturated carbocycles. The molecule has 0 aromatic carbocycles. The molecule has 1 aliphatic heterocycles. The average molecular weight is 180 g/mol. The second-order valence-corrected chi connectivity index (χ2v) is 3.54. The topological polar surface area (TPSA) is 24.9 Å². The first kappa shape index (κ1) is 8.63. The van der Waals surface area contributed by atoms with Crippen molar-refractivity contribution in [3.8, 4) is 0 Å². The van der Waals surface area contributed by atoms with Gasteiger partial charge in [0.2, 0.25) is 5.95 Å². The van der Waals surface area contributed by atoms with Crippen molar-refractivity contribution in [1.29, 1.82) is 0 Å². The van der Waals surface area contributed by atoms with Crippen LogP contribution >= 0.6 is 0 Å². The fraction of sp³-hybridized carbons (Fsp3) is 0.500. The molecule has 1 saturated heterocycles. The van der Waals surface area contributed by atoms with E-state index in [1.807, 2.05) is 13.0 Å². The van der Waals surface area contributed by atoms with Gasteiger partial charge in [-0.1, -0.05) is 0 Å². The van der Waals surface area contributed by atoms with Gasteiger partial charge < -0.3 is 5.32 Å². The van der Waals surface area contributed by atoms with Crippen molar-refractivity contribution < 1.29 is 4.39 Å². The van der Waals surface area contributed by atoms with Crippen LogP contribution in [0.25, 0.3) is 0 Å². The maximum Gasteiger partial charge on any atom is 0.217 e. The second-order valence-electron chi connectivity index (χ2n) is 3.54. The Morgan fingerprint density at radius 2 is 2.46 bits per heavy atom. The van der Waals surface area contributed by atoms with Crippen LogP contribution in [0.2, 0.25) is 0 Å². The Morgan fingerprint density at radius 1 is 1.62 bits per heavy atom. The second kappa shape index (κ2) is 3.42. The molecule has 1 N–H and O–H groups in total. The zero-order chi connectivity index (χ0) is 9.26. The summed E-state index contributed by atoms with van der Waals surface area (Å²) < 4.78 is 13.3. The third-order valence-electron chi connectivity index (χ3n) is 2.44. The molecule has 0 unspecified atom stereocenters. The van der Waals surface area contributed by atoms with Gasteiger partial charge >= 0.3 is 0 Å². The smallest absolute Gasteiger partial charge is 0.217 e. The lowest BCUT2D eigenvalue weighted by atomic mass is 10.1. The van der Waals surface area contributed by atoms with Crippen molar-refractivity contribution in [1.82, 2.24) is 10.3 Å². The van der Waals surface area contributed by atoms with E-state index < -0.39 is 0 Å². The molecule has 13 heavy (non-hydrogen) atoms. The molecule has 1 fully saturated rings. The lowest BCUT2D eigenvalue weighted by Crippen LogP contribution is -2.15. The highest BCUT2D eigenvalue weighted by Gasteiger charge is 2.19. The Hall–Kier alpha value is -0.960. The minimum absolute atomic E-state index is 0.174. The molecular formula is C10H13FN2. The SMILES string of the molecule is Cc1cnc(F)c([C@@H]2CCCN2)c1. The molecule has 1 atom stereocenters. The summed E-state index contributed by atoms with van der Waals surface area (Å²) in [4.78, 5) is 3.72. The Balaban J connectivity index is 2.32. The molecular weight excluding hydrogens is 167 g/mol. The molecule has 0 radical (unpaired) electrons. The van der Waals surface area contributed by atoms with Gasteiger partial charge in [0, 0.05) is 17.8 Å². The van der Waals surface area contributed by atoms with Gasteiger partial charge in [-0.2, -0.15) is 4.39 Å². The molecule has 1 aliphatic rings. The third kappa shape index (κ3) is 1.70. The lowest BCUT2D eigenvalue weighted by molar-refractivity contribution is 0.527. The van der Waals surface area contributed by atoms with Gasteiger partial charge in [0.15, 0.2) is 0 Å². The highest BCUT2D eigenvalue weighted by molar-refractivity contribution is 5.22. The summed E-state index contributed by atoms with van der Waals surface area (Å²) in [5.41, 5.74) is 1.74. The predicted molar refractivity (Wildman–Crippen MR) is 48.9 cm³/mol. The van der Waals surface area contributed by atoms with Crippen molar-refractivity contribution in [3.05, 3.63) is 29.3 Å². The normalized spacial score (nSPS) is 22.2. The fourth-order valence-corrected chi connectivity index (χ4v) is 1.77. The number of halogens is 1. The summed E-state index contributed by atoms with van der Waals surface area (Å²) in [6.07, 6.45) is 3.70. The van der Waals surface area contributed by atoms with E-state index >= 15 is 0 Å². The van der Waals surface area contributed by atoms with Gasteiger partial charge in [-0.15, -0.1) is 0 Å². The molecule has 0 aliphatic carbocycles. The molecule has 1 aromatic rings. The monoisotopic (exact) mass is 180 g/mol. The Morgan fingerprint density at radius 3 is 3.15 bits per heavy atom. The number of pyridine rings is 1. The maximum absolute atomic E-state index is 13.3. The van der Waals surface area contributed by atoms with E-state index in [0.717, 1.165) is 30.5 Å². The molecule has 0 amide bonds. The van der Waals surface area contributed by atoms with Crippen LogP contribution in [0, 0.1) is 12.9 Å². The summed E-state index contributed by atoms with van der Waals surface area (Å²) in [5, 5.41) is 3.26. The van der Waals surface area contributed by atoms with E-state index in [1.54, 1.807) is 6.20 Å². The number of aryl methyl sites for hydroxylation is 1. The Bertz CT molecular complexity index is 306. The Kier molecular flexibility index (Phi) is 2.27. The van der Waals surface area contributed by atoms with Crippen molar-refractivity contribution in [2.45, 2.75) is 25.8 Å². The van der Waals surface area contributed by atoms with Crippen LogP contribution in [0.3, 0.4) is 0 Å². The van der Waals surface area contributed by atoms with Gasteiger partial charge in [-0.25, -0.2) is 4.98 Å². The quantitative estimate of drug-likeness (QED) is 0.668. The molecule has 70 valence electrons. The van der Waals surface area contributed by atoms with Crippen LogP contribution in [0.5, 0.6) is 0 Å². The molecule has 2 heterocycles. The van der Waals surface area contributed by atoms with E-state index in [1.165, 1.54) is 0 Å². The van der Waals surface area contributed by atoms with Gasteiger partial charge in [-0.05, 0) is 37.9 Å². The van der Waals surface area contributed by atoms with Crippen LogP contribution in [-0.4, -0.2) is 11.5 Å². The zero-order valence-electron chi connectivity index (χ0n) is 7.68. The van der Waals surface area contributed by atoms with E-state index in [-0.39, 0.29) is 12.0 Å². The van der Waals surface area contributed by atoms with E-state index in [9.17, 15) is 4.39 Å². The summed E-state index contributed by atoms with van der Waals surface area (Å²) in [6, 6.07) is 2.05. The molecule has 3 heteroatoms. The first-order chi connectivity index (χ1) is 6.27. The minimum atomic E-state index is -0.329.